The van der Waals surface area contributed by atoms with Gasteiger partial charge < -0.3 is 14.8 Å². The van der Waals surface area contributed by atoms with Gasteiger partial charge in [-0.15, -0.1) is 0 Å². The van der Waals surface area contributed by atoms with E-state index in [0.29, 0.717) is 5.25 Å². The van der Waals surface area contributed by atoms with E-state index in [1.54, 1.807) is 14.2 Å². The number of rotatable bonds is 5. The maximum Gasteiger partial charge on any atom is 0.157 e. The van der Waals surface area contributed by atoms with Gasteiger partial charge in [-0.05, 0) is 30.9 Å². The first-order valence-electron chi connectivity index (χ1n) is 6.96. The summed E-state index contributed by atoms with van der Waals surface area (Å²) in [5.41, 5.74) is 1.12. The van der Waals surface area contributed by atoms with Crippen LogP contribution in [0.1, 0.15) is 18.4 Å². The number of nitrogens with zero attached hydrogens (tertiary/aromatic N) is 1. The number of ether oxygens (including phenoxy) is 2. The van der Waals surface area contributed by atoms with Crippen LogP contribution in [0.3, 0.4) is 0 Å². The Balaban J connectivity index is 1.58. The van der Waals surface area contributed by atoms with Gasteiger partial charge in [0.2, 0.25) is 0 Å². The molecule has 0 saturated heterocycles. The predicted molar refractivity (Wildman–Crippen MR) is 82.8 cm³/mol. The van der Waals surface area contributed by atoms with E-state index in [1.807, 2.05) is 30.0 Å². The topological polar surface area (TPSA) is 42.8 Å². The molecule has 1 aromatic carbocycles. The molecule has 0 spiro atoms. The van der Waals surface area contributed by atoms with Crippen molar-refractivity contribution < 1.29 is 9.47 Å². The van der Waals surface area contributed by atoms with Crippen molar-refractivity contribution in [3.63, 3.8) is 0 Å². The van der Waals surface area contributed by atoms with Gasteiger partial charge in [0, 0.05) is 23.4 Å². The molecular formula is C15H20N2O2S. The largest absolute Gasteiger partial charge is 0.497 e. The van der Waals surface area contributed by atoms with Crippen molar-refractivity contribution in [1.82, 2.24) is 5.32 Å². The van der Waals surface area contributed by atoms with Crippen LogP contribution in [0.25, 0.3) is 0 Å². The molecule has 2 aliphatic rings. The fourth-order valence-corrected chi connectivity index (χ4v) is 3.58. The van der Waals surface area contributed by atoms with E-state index in [-0.39, 0.29) is 0 Å². The van der Waals surface area contributed by atoms with E-state index in [9.17, 15) is 0 Å². The monoisotopic (exact) mass is 292 g/mol. The highest BCUT2D eigenvalue weighted by atomic mass is 32.2. The minimum absolute atomic E-state index is 0.704. The lowest BCUT2D eigenvalue weighted by Crippen LogP contribution is -2.19. The van der Waals surface area contributed by atoms with Crippen LogP contribution in [0.5, 0.6) is 11.5 Å². The van der Waals surface area contributed by atoms with Gasteiger partial charge >= 0.3 is 0 Å². The smallest absolute Gasteiger partial charge is 0.157 e. The standard InChI is InChI=1S/C15H20N2O2S/c1-18-12-6-5-11(13(7-12)19-2)8-16-15-17-9-14(20-15)10-3-4-10/h5-7,10,14H,3-4,8-9H2,1-2H3,(H,16,17). The van der Waals surface area contributed by atoms with E-state index < -0.39 is 0 Å². The first kappa shape index (κ1) is 13.6. The maximum absolute atomic E-state index is 5.41. The van der Waals surface area contributed by atoms with Crippen molar-refractivity contribution in [2.75, 3.05) is 20.8 Å². The van der Waals surface area contributed by atoms with Crippen LogP contribution in [-0.4, -0.2) is 31.2 Å². The van der Waals surface area contributed by atoms with Gasteiger partial charge in [0.25, 0.3) is 0 Å². The molecule has 1 heterocycles. The number of thioether (sulfide) groups is 1. The zero-order chi connectivity index (χ0) is 13.9. The third-order valence-electron chi connectivity index (χ3n) is 3.75. The van der Waals surface area contributed by atoms with Gasteiger partial charge in [0.15, 0.2) is 5.17 Å². The molecule has 0 bridgehead atoms. The van der Waals surface area contributed by atoms with Crippen LogP contribution in [0.15, 0.2) is 23.2 Å². The molecule has 0 amide bonds. The number of benzene rings is 1. The Hall–Kier alpha value is -1.36. The van der Waals surface area contributed by atoms with Gasteiger partial charge in [-0.25, -0.2) is 0 Å². The molecule has 1 atom stereocenters. The number of nitrogens with one attached hydrogen (secondary N) is 1. The van der Waals surface area contributed by atoms with Crippen LogP contribution in [0.4, 0.5) is 0 Å². The average molecular weight is 292 g/mol. The minimum Gasteiger partial charge on any atom is -0.497 e. The molecule has 1 aromatic rings. The maximum atomic E-state index is 5.41. The van der Waals surface area contributed by atoms with E-state index in [1.165, 1.54) is 12.8 Å². The molecule has 1 aliphatic carbocycles. The zero-order valence-electron chi connectivity index (χ0n) is 11.9. The summed E-state index contributed by atoms with van der Waals surface area (Å²) in [5, 5.41) is 5.19. The average Bonchev–Trinajstić information content (AvgIpc) is 3.24. The first-order valence-corrected chi connectivity index (χ1v) is 7.84. The van der Waals surface area contributed by atoms with E-state index in [0.717, 1.165) is 41.2 Å². The lowest BCUT2D eigenvalue weighted by molar-refractivity contribution is 0.390. The summed E-state index contributed by atoms with van der Waals surface area (Å²) in [6.07, 6.45) is 2.76. The normalized spacial score (nSPS) is 21.5. The third-order valence-corrected chi connectivity index (χ3v) is 5.08. The lowest BCUT2D eigenvalue weighted by atomic mass is 10.2. The first-order chi connectivity index (χ1) is 9.80. The molecule has 108 valence electrons. The quantitative estimate of drug-likeness (QED) is 0.906. The van der Waals surface area contributed by atoms with Crippen molar-refractivity contribution in [3.8, 4) is 11.5 Å². The second-order valence-corrected chi connectivity index (χ2v) is 6.40. The Kier molecular flexibility index (Phi) is 4.05. The van der Waals surface area contributed by atoms with Crippen molar-refractivity contribution in [1.29, 1.82) is 0 Å². The Bertz CT molecular complexity index is 515. The van der Waals surface area contributed by atoms with Gasteiger partial charge in [-0.1, -0.05) is 11.8 Å². The van der Waals surface area contributed by atoms with Crippen molar-refractivity contribution in [2.24, 2.45) is 10.9 Å². The summed E-state index contributed by atoms with van der Waals surface area (Å²) in [7, 11) is 3.35. The number of aliphatic imine (C=N–C) groups is 1. The molecule has 0 aromatic heterocycles. The molecule has 1 N–H and O–H groups in total. The van der Waals surface area contributed by atoms with Crippen LogP contribution in [-0.2, 0) is 6.54 Å². The molecule has 20 heavy (non-hydrogen) atoms. The molecule has 1 fully saturated rings. The molecule has 5 heteroatoms. The number of methoxy groups -OCH3 is 2. The summed E-state index contributed by atoms with van der Waals surface area (Å²) in [6, 6.07) is 5.90. The van der Waals surface area contributed by atoms with Gasteiger partial charge in [-0.3, -0.25) is 4.99 Å². The Morgan fingerprint density at radius 2 is 2.15 bits per heavy atom. The zero-order valence-corrected chi connectivity index (χ0v) is 12.7. The Morgan fingerprint density at radius 1 is 1.30 bits per heavy atom. The van der Waals surface area contributed by atoms with Gasteiger partial charge in [0.05, 0.1) is 20.8 Å². The summed E-state index contributed by atoms with van der Waals surface area (Å²) >= 11 is 1.89. The van der Waals surface area contributed by atoms with E-state index >= 15 is 0 Å². The van der Waals surface area contributed by atoms with Crippen LogP contribution in [0, 0.1) is 5.92 Å². The summed E-state index contributed by atoms with van der Waals surface area (Å²) in [6.45, 7) is 1.70. The molecule has 0 radical (unpaired) electrons. The summed E-state index contributed by atoms with van der Waals surface area (Å²) in [4.78, 5) is 4.59. The highest BCUT2D eigenvalue weighted by Crippen LogP contribution is 2.41. The molecule has 1 unspecified atom stereocenters. The highest BCUT2D eigenvalue weighted by molar-refractivity contribution is 8.14. The number of amidine groups is 1. The highest BCUT2D eigenvalue weighted by Gasteiger charge is 2.35. The Morgan fingerprint density at radius 3 is 2.85 bits per heavy atom. The number of hydrogen-bond acceptors (Lipinski definition) is 5. The molecule has 4 nitrogen and oxygen atoms in total. The van der Waals surface area contributed by atoms with Gasteiger partial charge in [0.1, 0.15) is 11.5 Å². The molecule has 1 aliphatic heterocycles. The second kappa shape index (κ2) is 5.95. The van der Waals surface area contributed by atoms with Gasteiger partial charge in [-0.2, -0.15) is 0 Å². The summed E-state index contributed by atoms with van der Waals surface area (Å²) < 4.78 is 10.6. The van der Waals surface area contributed by atoms with E-state index in [2.05, 4.69) is 10.3 Å². The van der Waals surface area contributed by atoms with Crippen molar-refractivity contribution >= 4 is 16.9 Å². The Labute approximate surface area is 123 Å². The molecule has 1 saturated carbocycles. The lowest BCUT2D eigenvalue weighted by Gasteiger charge is -2.12. The number of hydrogen-bond donors (Lipinski definition) is 1. The molecule has 3 rings (SSSR count). The van der Waals surface area contributed by atoms with Crippen LogP contribution in [0.2, 0.25) is 0 Å². The fraction of sp³-hybridized carbons (Fsp3) is 0.533. The SMILES string of the molecule is COc1ccc(CNC2=NCC(C3CC3)S2)c(OC)c1. The van der Waals surface area contributed by atoms with Crippen LogP contribution >= 0.6 is 11.8 Å². The second-order valence-electron chi connectivity index (χ2n) is 5.17. The molecular weight excluding hydrogens is 272 g/mol. The van der Waals surface area contributed by atoms with E-state index in [4.69, 9.17) is 9.47 Å². The van der Waals surface area contributed by atoms with Crippen molar-refractivity contribution in [3.05, 3.63) is 23.8 Å². The summed E-state index contributed by atoms with van der Waals surface area (Å²) in [5.74, 6) is 2.56. The minimum atomic E-state index is 0.704. The van der Waals surface area contributed by atoms with Crippen LogP contribution < -0.4 is 14.8 Å². The predicted octanol–water partition coefficient (Wildman–Crippen LogP) is 2.67. The fourth-order valence-electron chi connectivity index (χ4n) is 2.37. The van der Waals surface area contributed by atoms with Crippen molar-refractivity contribution in [2.45, 2.75) is 24.6 Å². The third kappa shape index (κ3) is 3.03.